The van der Waals surface area contributed by atoms with E-state index >= 15 is 0 Å². The lowest BCUT2D eigenvalue weighted by molar-refractivity contribution is 0.0612. The van der Waals surface area contributed by atoms with Gasteiger partial charge in [-0.3, -0.25) is 9.78 Å². The fraction of sp³-hybridized carbons (Fsp3) is 0.240. The van der Waals surface area contributed by atoms with E-state index < -0.39 is 11.7 Å². The Kier molecular flexibility index (Phi) is 5.01. The van der Waals surface area contributed by atoms with Crippen LogP contribution < -0.4 is 9.47 Å². The maximum atomic E-state index is 12.5. The third-order valence-corrected chi connectivity index (χ3v) is 5.22. The molecule has 5 nitrogen and oxygen atoms in total. The summed E-state index contributed by atoms with van der Waals surface area (Å²) in [6.07, 6.45) is 3.40. The van der Waals surface area contributed by atoms with Crippen LogP contribution in [0.5, 0.6) is 11.5 Å². The Morgan fingerprint density at radius 1 is 1.07 bits per heavy atom. The van der Waals surface area contributed by atoms with Gasteiger partial charge in [-0.2, -0.15) is 5.26 Å². The van der Waals surface area contributed by atoms with Crippen molar-refractivity contribution in [2.75, 3.05) is 0 Å². The minimum Gasteiger partial charge on any atom is -0.486 e. The number of ether oxygens (including phenoxy) is 2. The summed E-state index contributed by atoms with van der Waals surface area (Å²) < 4.78 is 12.6. The lowest BCUT2D eigenvalue weighted by atomic mass is 9.91. The summed E-state index contributed by atoms with van der Waals surface area (Å²) in [5.74, 6) is 1.31. The van der Waals surface area contributed by atoms with Gasteiger partial charge in [-0.25, -0.2) is 0 Å². The molecule has 0 saturated carbocycles. The molecule has 0 N–H and O–H groups in total. The maximum Gasteiger partial charge on any atom is 0.170 e. The molecule has 0 aliphatic carbocycles. The first-order chi connectivity index (χ1) is 14.4. The number of nitrogens with zero attached hydrogens (tertiary/aromatic N) is 2. The number of carbonyl (C=O) groups is 1. The molecule has 1 atom stereocenters. The molecular weight excluding hydrogens is 376 g/mol. The summed E-state index contributed by atoms with van der Waals surface area (Å²) in [4.78, 5) is 16.6. The van der Waals surface area contributed by atoms with Crippen molar-refractivity contribution in [3.63, 3.8) is 0 Å². The third-order valence-electron chi connectivity index (χ3n) is 5.22. The largest absolute Gasteiger partial charge is 0.486 e. The molecule has 0 fully saturated rings. The number of carbonyl (C=O) groups excluding carboxylic acids is 1. The second kappa shape index (κ2) is 7.64. The van der Waals surface area contributed by atoms with Gasteiger partial charge < -0.3 is 9.47 Å². The minimum absolute atomic E-state index is 0.0775. The van der Waals surface area contributed by atoms with E-state index in [0.717, 1.165) is 16.7 Å². The molecule has 0 spiro atoms. The zero-order valence-electron chi connectivity index (χ0n) is 17.2. The first kappa shape index (κ1) is 19.7. The summed E-state index contributed by atoms with van der Waals surface area (Å²) in [6, 6.07) is 16.9. The molecule has 1 aliphatic heterocycles. The Bertz CT molecular complexity index is 1130. The molecule has 0 saturated heterocycles. The van der Waals surface area contributed by atoms with Gasteiger partial charge in [0, 0.05) is 18.0 Å². The smallest absolute Gasteiger partial charge is 0.170 e. The van der Waals surface area contributed by atoms with Crippen molar-refractivity contribution >= 4 is 5.78 Å². The number of aromatic nitrogens is 1. The molecule has 2 aromatic carbocycles. The van der Waals surface area contributed by atoms with Crippen molar-refractivity contribution in [1.82, 2.24) is 4.98 Å². The predicted molar refractivity (Wildman–Crippen MR) is 113 cm³/mol. The van der Waals surface area contributed by atoms with E-state index in [9.17, 15) is 4.79 Å². The number of nitriles is 1. The number of fused-ring (bicyclic) bond motifs is 1. The average Bonchev–Trinajstić information content (AvgIpc) is 2.74. The Balaban J connectivity index is 1.75. The fourth-order valence-electron chi connectivity index (χ4n) is 3.67. The first-order valence-electron chi connectivity index (χ1n) is 9.80. The van der Waals surface area contributed by atoms with E-state index in [1.807, 2.05) is 51.1 Å². The Hall–Kier alpha value is -3.65. The Morgan fingerprint density at radius 2 is 1.73 bits per heavy atom. The number of Topliss-reactive ketones (excluding diaryl/α,β-unsaturated/α-hetero) is 1. The predicted octanol–water partition coefficient (Wildman–Crippen LogP) is 5.17. The highest BCUT2D eigenvalue weighted by Gasteiger charge is 2.34. The molecule has 1 unspecified atom stereocenters. The van der Waals surface area contributed by atoms with Gasteiger partial charge >= 0.3 is 0 Å². The van der Waals surface area contributed by atoms with Crippen LogP contribution in [0.25, 0.3) is 0 Å². The van der Waals surface area contributed by atoms with E-state index in [4.69, 9.17) is 14.7 Å². The van der Waals surface area contributed by atoms with Crippen LogP contribution in [0.2, 0.25) is 0 Å². The molecule has 0 bridgehead atoms. The molecule has 4 rings (SSSR count). The van der Waals surface area contributed by atoms with Crippen molar-refractivity contribution in [2.45, 2.75) is 38.9 Å². The van der Waals surface area contributed by atoms with Gasteiger partial charge in [0.05, 0.1) is 23.6 Å². The van der Waals surface area contributed by atoms with Gasteiger partial charge in [0.15, 0.2) is 5.78 Å². The molecule has 1 aromatic heterocycles. The summed E-state index contributed by atoms with van der Waals surface area (Å²) in [5.41, 5.74) is 3.27. The highest BCUT2D eigenvalue weighted by molar-refractivity contribution is 6.01. The lowest BCUT2D eigenvalue weighted by Gasteiger charge is -2.33. The second-order valence-corrected chi connectivity index (χ2v) is 8.04. The van der Waals surface area contributed by atoms with Crippen molar-refractivity contribution in [3.8, 4) is 17.6 Å². The highest BCUT2D eigenvalue weighted by atomic mass is 16.5. The second-order valence-electron chi connectivity index (χ2n) is 8.04. The van der Waals surface area contributed by atoms with Crippen LogP contribution in [0.15, 0.2) is 60.9 Å². The van der Waals surface area contributed by atoms with Gasteiger partial charge in [0.2, 0.25) is 0 Å². The van der Waals surface area contributed by atoms with Crippen LogP contribution in [0.3, 0.4) is 0 Å². The van der Waals surface area contributed by atoms with Crippen molar-refractivity contribution in [1.29, 1.82) is 5.26 Å². The normalized spacial score (nSPS) is 15.5. The number of hydrogen-bond acceptors (Lipinski definition) is 5. The van der Waals surface area contributed by atoms with Gasteiger partial charge in [-0.1, -0.05) is 12.1 Å². The zero-order chi connectivity index (χ0) is 21.3. The van der Waals surface area contributed by atoms with Crippen molar-refractivity contribution < 1.29 is 14.3 Å². The lowest BCUT2D eigenvalue weighted by Crippen LogP contribution is -2.36. The standard InChI is InChI=1S/C25H22N2O3/c1-16-22(9-8-20-21(28)14-25(2,3)30-23(16)20)29-24(19-10-12-27-13-11-19)18-6-4-17(15-26)5-7-18/h4-13,24H,14H2,1-3H3. The van der Waals surface area contributed by atoms with Crippen LogP contribution in [0.4, 0.5) is 0 Å². The van der Waals surface area contributed by atoms with E-state index in [1.54, 1.807) is 30.6 Å². The quantitative estimate of drug-likeness (QED) is 0.606. The SMILES string of the molecule is Cc1c(OC(c2ccncc2)c2ccc(C#N)cc2)ccc2c1OC(C)(C)CC2=O. The monoisotopic (exact) mass is 398 g/mol. The van der Waals surface area contributed by atoms with Gasteiger partial charge in [0.25, 0.3) is 0 Å². The molecule has 150 valence electrons. The Labute approximate surface area is 175 Å². The van der Waals surface area contributed by atoms with Crippen LogP contribution in [-0.4, -0.2) is 16.4 Å². The van der Waals surface area contributed by atoms with E-state index in [2.05, 4.69) is 11.1 Å². The van der Waals surface area contributed by atoms with Crippen LogP contribution >= 0.6 is 0 Å². The van der Waals surface area contributed by atoms with Gasteiger partial charge in [-0.05, 0) is 68.3 Å². The summed E-state index contributed by atoms with van der Waals surface area (Å²) >= 11 is 0. The summed E-state index contributed by atoms with van der Waals surface area (Å²) in [6.45, 7) is 5.74. The summed E-state index contributed by atoms with van der Waals surface area (Å²) in [5, 5.41) is 9.10. The van der Waals surface area contributed by atoms with Crippen LogP contribution in [0.1, 0.15) is 59.0 Å². The van der Waals surface area contributed by atoms with Crippen LogP contribution in [-0.2, 0) is 0 Å². The number of benzene rings is 2. The van der Waals surface area contributed by atoms with E-state index in [0.29, 0.717) is 29.0 Å². The number of ketones is 1. The Morgan fingerprint density at radius 3 is 2.40 bits per heavy atom. The van der Waals surface area contributed by atoms with Crippen molar-refractivity contribution in [3.05, 3.63) is 88.7 Å². The summed E-state index contributed by atoms with van der Waals surface area (Å²) in [7, 11) is 0. The molecule has 1 aliphatic rings. The van der Waals surface area contributed by atoms with Gasteiger partial charge in [-0.15, -0.1) is 0 Å². The topological polar surface area (TPSA) is 72.2 Å². The third kappa shape index (κ3) is 3.77. The molecule has 0 amide bonds. The fourth-order valence-corrected chi connectivity index (χ4v) is 3.67. The average molecular weight is 398 g/mol. The number of pyridine rings is 1. The zero-order valence-corrected chi connectivity index (χ0v) is 17.2. The number of rotatable bonds is 4. The molecular formula is C25H22N2O3. The highest BCUT2D eigenvalue weighted by Crippen LogP contribution is 2.41. The number of hydrogen-bond donors (Lipinski definition) is 0. The van der Waals surface area contributed by atoms with Crippen LogP contribution in [0, 0.1) is 18.3 Å². The van der Waals surface area contributed by atoms with Gasteiger partial charge in [0.1, 0.15) is 23.2 Å². The van der Waals surface area contributed by atoms with Crippen molar-refractivity contribution in [2.24, 2.45) is 0 Å². The van der Waals surface area contributed by atoms with E-state index in [1.165, 1.54) is 0 Å². The minimum atomic E-state index is -0.551. The van der Waals surface area contributed by atoms with E-state index in [-0.39, 0.29) is 5.78 Å². The molecule has 5 heteroatoms. The molecule has 3 aromatic rings. The molecule has 2 heterocycles. The first-order valence-corrected chi connectivity index (χ1v) is 9.80. The maximum absolute atomic E-state index is 12.5. The molecule has 0 radical (unpaired) electrons. The molecule has 30 heavy (non-hydrogen) atoms.